The molecular weight excluding hydrogens is 432 g/mol. The van der Waals surface area contributed by atoms with Gasteiger partial charge >= 0.3 is 11.7 Å². The molecule has 2 amide bonds. The van der Waals surface area contributed by atoms with Gasteiger partial charge in [-0.3, -0.25) is 4.90 Å². The number of urea groups is 1. The molecule has 0 bridgehead atoms. The molecule has 0 radical (unpaired) electrons. The van der Waals surface area contributed by atoms with Crippen LogP contribution in [0.4, 0.5) is 4.79 Å². The number of benzene rings is 2. The average Bonchev–Trinajstić information content (AvgIpc) is 2.86. The summed E-state index contributed by atoms with van der Waals surface area (Å²) in [5, 5.41) is 3.97. The SMILES string of the molecule is CCOC1=C(COc2ccc3c4c(c(=O)oc3c2)CCCC4)N(C)C(=O)NC1c1ccccc1. The number of nitrogens with zero attached hydrogens (tertiary/aromatic N) is 1. The highest BCUT2D eigenvalue weighted by Crippen LogP contribution is 2.32. The number of hydrogen-bond donors (Lipinski definition) is 1. The third-order valence-corrected chi connectivity index (χ3v) is 6.53. The molecule has 2 heterocycles. The van der Waals surface area contributed by atoms with Crippen molar-refractivity contribution in [2.24, 2.45) is 0 Å². The first kappa shape index (κ1) is 22.1. The van der Waals surface area contributed by atoms with Crippen LogP contribution in [0.2, 0.25) is 0 Å². The molecule has 1 N–H and O–H groups in total. The second kappa shape index (κ2) is 9.25. The van der Waals surface area contributed by atoms with Crippen LogP contribution < -0.4 is 15.7 Å². The molecule has 0 spiro atoms. The Hall–Kier alpha value is -3.74. The first-order chi connectivity index (χ1) is 16.6. The molecule has 1 unspecified atom stereocenters. The molecule has 3 aromatic rings. The van der Waals surface area contributed by atoms with Crippen LogP contribution in [-0.4, -0.2) is 31.2 Å². The van der Waals surface area contributed by atoms with Crippen molar-refractivity contribution >= 4 is 17.0 Å². The third kappa shape index (κ3) is 4.02. The lowest BCUT2D eigenvalue weighted by Crippen LogP contribution is -2.46. The maximum absolute atomic E-state index is 12.7. The van der Waals surface area contributed by atoms with Gasteiger partial charge in [0.15, 0.2) is 0 Å². The minimum atomic E-state index is -0.399. The molecule has 34 heavy (non-hydrogen) atoms. The van der Waals surface area contributed by atoms with Gasteiger partial charge in [0.2, 0.25) is 0 Å². The van der Waals surface area contributed by atoms with Gasteiger partial charge in [0, 0.05) is 24.1 Å². The van der Waals surface area contributed by atoms with Crippen molar-refractivity contribution in [3.05, 3.63) is 87.1 Å². The molecule has 1 aromatic heterocycles. The summed E-state index contributed by atoms with van der Waals surface area (Å²) in [4.78, 5) is 26.7. The lowest BCUT2D eigenvalue weighted by atomic mass is 9.91. The fourth-order valence-electron chi connectivity index (χ4n) is 4.78. The van der Waals surface area contributed by atoms with Gasteiger partial charge in [-0.15, -0.1) is 0 Å². The lowest BCUT2D eigenvalue weighted by Gasteiger charge is -2.34. The van der Waals surface area contributed by atoms with E-state index >= 15 is 0 Å². The molecular formula is C27H28N2O5. The predicted molar refractivity (Wildman–Crippen MR) is 129 cm³/mol. The van der Waals surface area contributed by atoms with E-state index in [2.05, 4.69) is 5.32 Å². The third-order valence-electron chi connectivity index (χ3n) is 6.53. The number of likely N-dealkylation sites (N-methyl/N-ethyl adjacent to an activating group) is 1. The van der Waals surface area contributed by atoms with Crippen LogP contribution in [0.25, 0.3) is 11.0 Å². The first-order valence-electron chi connectivity index (χ1n) is 11.7. The van der Waals surface area contributed by atoms with E-state index in [4.69, 9.17) is 13.9 Å². The van der Waals surface area contributed by atoms with Gasteiger partial charge in [-0.05, 0) is 55.9 Å². The van der Waals surface area contributed by atoms with Crippen molar-refractivity contribution in [1.29, 1.82) is 0 Å². The van der Waals surface area contributed by atoms with E-state index in [9.17, 15) is 9.59 Å². The molecule has 2 aliphatic rings. The summed E-state index contributed by atoms with van der Waals surface area (Å²) in [6.07, 6.45) is 3.77. The van der Waals surface area contributed by atoms with Crippen molar-refractivity contribution in [2.45, 2.75) is 38.6 Å². The van der Waals surface area contributed by atoms with Crippen molar-refractivity contribution in [3.8, 4) is 5.75 Å². The summed E-state index contributed by atoms with van der Waals surface area (Å²) in [6.45, 7) is 2.50. The second-order valence-corrected chi connectivity index (χ2v) is 8.60. The first-order valence-corrected chi connectivity index (χ1v) is 11.7. The highest BCUT2D eigenvalue weighted by molar-refractivity contribution is 5.83. The molecule has 0 fully saturated rings. The zero-order valence-electron chi connectivity index (χ0n) is 19.4. The van der Waals surface area contributed by atoms with E-state index in [1.165, 1.54) is 4.90 Å². The Morgan fingerprint density at radius 2 is 1.79 bits per heavy atom. The number of ether oxygens (including phenoxy) is 2. The molecule has 0 saturated heterocycles. The van der Waals surface area contributed by atoms with Crippen molar-refractivity contribution < 1.29 is 18.7 Å². The van der Waals surface area contributed by atoms with Crippen LogP contribution in [0.1, 0.15) is 42.5 Å². The number of aryl methyl sites for hydroxylation is 1. The van der Waals surface area contributed by atoms with Crippen LogP contribution in [0.5, 0.6) is 5.75 Å². The molecule has 7 heteroatoms. The molecule has 5 rings (SSSR count). The quantitative estimate of drug-likeness (QED) is 0.540. The fourth-order valence-corrected chi connectivity index (χ4v) is 4.78. The highest BCUT2D eigenvalue weighted by Gasteiger charge is 2.33. The van der Waals surface area contributed by atoms with E-state index in [0.717, 1.165) is 47.8 Å². The zero-order valence-corrected chi connectivity index (χ0v) is 19.4. The largest absolute Gasteiger partial charge is 0.494 e. The topological polar surface area (TPSA) is 81.0 Å². The van der Waals surface area contributed by atoms with Crippen molar-refractivity contribution in [1.82, 2.24) is 10.2 Å². The monoisotopic (exact) mass is 460 g/mol. The van der Waals surface area contributed by atoms with Crippen LogP contribution in [-0.2, 0) is 17.6 Å². The number of fused-ring (bicyclic) bond motifs is 3. The van der Waals surface area contributed by atoms with E-state index in [1.54, 1.807) is 13.1 Å². The smallest absolute Gasteiger partial charge is 0.339 e. The van der Waals surface area contributed by atoms with Crippen molar-refractivity contribution in [3.63, 3.8) is 0 Å². The number of rotatable bonds is 6. The number of carbonyl (C=O) groups excluding carboxylic acids is 1. The molecule has 1 atom stereocenters. The number of carbonyl (C=O) groups is 1. The predicted octanol–water partition coefficient (Wildman–Crippen LogP) is 4.70. The van der Waals surface area contributed by atoms with Crippen molar-refractivity contribution in [2.75, 3.05) is 20.3 Å². The molecule has 1 aliphatic carbocycles. The Balaban J connectivity index is 1.47. The van der Waals surface area contributed by atoms with E-state index < -0.39 is 6.04 Å². The Labute approximate surface area is 198 Å². The number of amides is 2. The van der Waals surface area contributed by atoms with Gasteiger partial charge in [-0.25, -0.2) is 9.59 Å². The van der Waals surface area contributed by atoms with Gasteiger partial charge in [0.05, 0.1) is 6.61 Å². The molecule has 1 aliphatic heterocycles. The second-order valence-electron chi connectivity index (χ2n) is 8.60. The summed E-state index contributed by atoms with van der Waals surface area (Å²) in [7, 11) is 1.69. The Bertz CT molecular complexity index is 1310. The summed E-state index contributed by atoms with van der Waals surface area (Å²) < 4.78 is 17.7. The average molecular weight is 461 g/mol. The molecule has 176 valence electrons. The van der Waals surface area contributed by atoms with Gasteiger partial charge in [-0.2, -0.15) is 0 Å². The van der Waals surface area contributed by atoms with Crippen LogP contribution in [0, 0.1) is 0 Å². The van der Waals surface area contributed by atoms with E-state index in [0.29, 0.717) is 29.4 Å². The highest BCUT2D eigenvalue weighted by atomic mass is 16.5. The Morgan fingerprint density at radius 1 is 1.03 bits per heavy atom. The van der Waals surface area contributed by atoms with E-state index in [-0.39, 0.29) is 18.3 Å². The minimum Gasteiger partial charge on any atom is -0.494 e. The summed E-state index contributed by atoms with van der Waals surface area (Å²) in [6, 6.07) is 14.7. The van der Waals surface area contributed by atoms with Gasteiger partial charge in [0.25, 0.3) is 0 Å². The Morgan fingerprint density at radius 3 is 2.56 bits per heavy atom. The summed E-state index contributed by atoms with van der Waals surface area (Å²) >= 11 is 0. The lowest BCUT2D eigenvalue weighted by molar-refractivity contribution is 0.149. The standard InChI is InChI=1S/C27H28N2O5/c1-3-32-25-22(29(2)27(31)28-24(25)17-9-5-4-6-10-17)16-33-18-13-14-20-19-11-7-8-12-21(19)26(30)34-23(20)15-18/h4-6,9-10,13-15,24H,3,7-8,11-12,16H2,1-2H3,(H,28,31). The maximum atomic E-state index is 12.7. The van der Waals surface area contributed by atoms with Crippen LogP contribution in [0.15, 0.2) is 69.2 Å². The summed E-state index contributed by atoms with van der Waals surface area (Å²) in [5.74, 6) is 1.21. The van der Waals surface area contributed by atoms with Crippen LogP contribution in [0.3, 0.4) is 0 Å². The molecule has 7 nitrogen and oxygen atoms in total. The maximum Gasteiger partial charge on any atom is 0.339 e. The summed E-state index contributed by atoms with van der Waals surface area (Å²) in [5.41, 5.74) is 3.75. The van der Waals surface area contributed by atoms with Crippen LogP contribution >= 0.6 is 0 Å². The Kier molecular flexibility index (Phi) is 6.01. The van der Waals surface area contributed by atoms with Gasteiger partial charge in [0.1, 0.15) is 35.4 Å². The fraction of sp³-hybridized carbons (Fsp3) is 0.333. The molecule has 0 saturated carbocycles. The number of nitrogens with one attached hydrogen (secondary N) is 1. The number of hydrogen-bond acceptors (Lipinski definition) is 5. The van der Waals surface area contributed by atoms with Gasteiger partial charge in [-0.1, -0.05) is 30.3 Å². The van der Waals surface area contributed by atoms with Gasteiger partial charge < -0.3 is 19.2 Å². The minimum absolute atomic E-state index is 0.128. The normalized spacial score (nSPS) is 18.0. The van der Waals surface area contributed by atoms with E-state index in [1.807, 2.05) is 49.4 Å². The zero-order chi connectivity index (χ0) is 23.7. The molecule has 2 aromatic carbocycles.